The Hall–Kier alpha value is -2.09. The first-order valence-corrected chi connectivity index (χ1v) is 10.3. The molecule has 2 heterocycles. The molecular formula is C21H29ClN4O3. The summed E-state index contributed by atoms with van der Waals surface area (Å²) in [6.07, 6.45) is 3.07. The average Bonchev–Trinajstić information content (AvgIpc) is 3.00. The number of morpholine rings is 1. The van der Waals surface area contributed by atoms with Crippen LogP contribution in [0.15, 0.2) is 30.5 Å². The fraction of sp³-hybridized carbons (Fsp3) is 0.524. The summed E-state index contributed by atoms with van der Waals surface area (Å²) in [5, 5.41) is 5.08. The number of ether oxygens (including phenoxy) is 2. The number of hydrogen-bond acceptors (Lipinski definition) is 5. The van der Waals surface area contributed by atoms with Crippen LogP contribution in [0, 0.1) is 6.92 Å². The van der Waals surface area contributed by atoms with Crippen molar-refractivity contribution in [3.05, 3.63) is 46.7 Å². The Morgan fingerprint density at radius 1 is 1.45 bits per heavy atom. The Morgan fingerprint density at radius 3 is 3.00 bits per heavy atom. The Morgan fingerprint density at radius 2 is 2.28 bits per heavy atom. The molecule has 0 bridgehead atoms. The molecule has 7 nitrogen and oxygen atoms in total. The quantitative estimate of drug-likeness (QED) is 0.674. The molecular weight excluding hydrogens is 392 g/mol. The third-order valence-corrected chi connectivity index (χ3v) is 5.39. The zero-order valence-corrected chi connectivity index (χ0v) is 17.8. The third kappa shape index (κ3) is 5.72. The van der Waals surface area contributed by atoms with Crippen LogP contribution in [-0.4, -0.2) is 52.5 Å². The Bertz CT molecular complexity index is 841. The number of carbonyl (C=O) groups excluding carboxylic acids is 1. The van der Waals surface area contributed by atoms with E-state index in [4.69, 9.17) is 26.8 Å². The van der Waals surface area contributed by atoms with E-state index in [0.717, 1.165) is 26.1 Å². The lowest BCUT2D eigenvalue weighted by Gasteiger charge is -2.42. The molecule has 0 saturated carbocycles. The number of hydrogen-bond donors (Lipinski definition) is 1. The fourth-order valence-electron chi connectivity index (χ4n) is 3.71. The molecule has 0 spiro atoms. The SMILES string of the molecule is CCCn1ncc(CN2CCOC(COc3cccc(Cl)c3)(CC(N)=O)C2)c1C. The standard InChI is InChI=1S/C21H29ClN4O3/c1-3-7-26-16(2)17(12-24-26)13-25-8-9-29-21(14-25,11-20(23)27)15-28-19-6-4-5-18(22)10-19/h4-6,10,12H,3,7-9,11,13-15H2,1-2H3,(H2,23,27). The van der Waals surface area contributed by atoms with Gasteiger partial charge in [-0.1, -0.05) is 24.6 Å². The molecule has 1 unspecified atom stereocenters. The Balaban J connectivity index is 1.71. The van der Waals surface area contributed by atoms with Crippen LogP contribution in [0.2, 0.25) is 5.02 Å². The van der Waals surface area contributed by atoms with E-state index in [9.17, 15) is 4.79 Å². The van der Waals surface area contributed by atoms with Gasteiger partial charge in [0.1, 0.15) is 18.0 Å². The summed E-state index contributed by atoms with van der Waals surface area (Å²) >= 11 is 6.04. The predicted molar refractivity (Wildman–Crippen MR) is 112 cm³/mol. The molecule has 1 atom stereocenters. The molecule has 3 rings (SSSR count). The van der Waals surface area contributed by atoms with Gasteiger partial charge in [0.05, 0.1) is 19.2 Å². The van der Waals surface area contributed by atoms with Crippen molar-refractivity contribution < 1.29 is 14.3 Å². The molecule has 0 aliphatic carbocycles. The number of primary amides is 1. The second-order valence-corrected chi connectivity index (χ2v) is 8.05. The van der Waals surface area contributed by atoms with E-state index in [1.54, 1.807) is 12.1 Å². The number of benzene rings is 1. The monoisotopic (exact) mass is 420 g/mol. The van der Waals surface area contributed by atoms with Crippen molar-refractivity contribution in [2.75, 3.05) is 26.3 Å². The van der Waals surface area contributed by atoms with E-state index in [1.807, 2.05) is 23.0 Å². The normalized spacial score (nSPS) is 20.0. The van der Waals surface area contributed by atoms with Gasteiger partial charge in [-0.3, -0.25) is 14.4 Å². The number of aryl methyl sites for hydroxylation is 1. The lowest BCUT2D eigenvalue weighted by atomic mass is 9.97. The summed E-state index contributed by atoms with van der Waals surface area (Å²) in [5.74, 6) is 0.229. The van der Waals surface area contributed by atoms with Gasteiger partial charge in [0.25, 0.3) is 0 Å². The first-order chi connectivity index (χ1) is 13.9. The van der Waals surface area contributed by atoms with Gasteiger partial charge in [0.2, 0.25) is 5.91 Å². The molecule has 2 aromatic rings. The van der Waals surface area contributed by atoms with Crippen LogP contribution in [0.25, 0.3) is 0 Å². The number of rotatable bonds is 9. The van der Waals surface area contributed by atoms with Crippen LogP contribution in [0.4, 0.5) is 0 Å². The lowest BCUT2D eigenvalue weighted by molar-refractivity contribution is -0.148. The van der Waals surface area contributed by atoms with E-state index in [0.29, 0.717) is 23.9 Å². The third-order valence-electron chi connectivity index (χ3n) is 5.16. The maximum absolute atomic E-state index is 11.8. The van der Waals surface area contributed by atoms with Gasteiger partial charge in [-0.05, 0) is 31.5 Å². The van der Waals surface area contributed by atoms with E-state index in [1.165, 1.54) is 11.3 Å². The van der Waals surface area contributed by atoms with E-state index >= 15 is 0 Å². The molecule has 0 radical (unpaired) electrons. The van der Waals surface area contributed by atoms with Crippen LogP contribution >= 0.6 is 11.6 Å². The highest BCUT2D eigenvalue weighted by molar-refractivity contribution is 6.30. The van der Waals surface area contributed by atoms with Crippen LogP contribution in [-0.2, 0) is 22.6 Å². The molecule has 1 aromatic heterocycles. The molecule has 2 N–H and O–H groups in total. The van der Waals surface area contributed by atoms with Crippen molar-refractivity contribution in [1.29, 1.82) is 0 Å². The van der Waals surface area contributed by atoms with Crippen LogP contribution in [0.1, 0.15) is 31.0 Å². The molecule has 1 aliphatic rings. The first-order valence-electron chi connectivity index (χ1n) is 9.95. The molecule has 1 aliphatic heterocycles. The number of nitrogens with zero attached hydrogens (tertiary/aromatic N) is 3. The minimum absolute atomic E-state index is 0.0954. The smallest absolute Gasteiger partial charge is 0.220 e. The fourth-order valence-corrected chi connectivity index (χ4v) is 3.89. The molecule has 29 heavy (non-hydrogen) atoms. The molecule has 1 saturated heterocycles. The highest BCUT2D eigenvalue weighted by Crippen LogP contribution is 2.26. The van der Waals surface area contributed by atoms with Gasteiger partial charge in [-0.15, -0.1) is 0 Å². The van der Waals surface area contributed by atoms with Gasteiger partial charge in [0.15, 0.2) is 0 Å². The van der Waals surface area contributed by atoms with Crippen LogP contribution < -0.4 is 10.5 Å². The first kappa shape index (κ1) is 21.6. The zero-order valence-electron chi connectivity index (χ0n) is 17.1. The predicted octanol–water partition coefficient (Wildman–Crippen LogP) is 2.78. The molecule has 8 heteroatoms. The molecule has 1 aromatic carbocycles. The van der Waals surface area contributed by atoms with Gasteiger partial charge in [0, 0.05) is 42.5 Å². The number of amides is 1. The van der Waals surface area contributed by atoms with Crippen LogP contribution in [0.3, 0.4) is 0 Å². The van der Waals surface area contributed by atoms with Crippen molar-refractivity contribution in [2.24, 2.45) is 5.73 Å². The largest absolute Gasteiger partial charge is 0.490 e. The lowest BCUT2D eigenvalue weighted by Crippen LogP contribution is -2.56. The highest BCUT2D eigenvalue weighted by Gasteiger charge is 2.39. The zero-order chi connectivity index (χ0) is 20.9. The van der Waals surface area contributed by atoms with Crippen molar-refractivity contribution >= 4 is 17.5 Å². The number of nitrogens with two attached hydrogens (primary N) is 1. The van der Waals surface area contributed by atoms with Crippen molar-refractivity contribution in [2.45, 2.75) is 45.4 Å². The summed E-state index contributed by atoms with van der Waals surface area (Å²) in [6, 6.07) is 7.18. The summed E-state index contributed by atoms with van der Waals surface area (Å²) in [6.45, 7) is 7.95. The van der Waals surface area contributed by atoms with Crippen molar-refractivity contribution in [3.63, 3.8) is 0 Å². The van der Waals surface area contributed by atoms with Crippen molar-refractivity contribution in [1.82, 2.24) is 14.7 Å². The number of aromatic nitrogens is 2. The van der Waals surface area contributed by atoms with Crippen molar-refractivity contribution in [3.8, 4) is 5.75 Å². The van der Waals surface area contributed by atoms with Gasteiger partial charge in [-0.25, -0.2) is 0 Å². The summed E-state index contributed by atoms with van der Waals surface area (Å²) < 4.78 is 14.0. The number of halogens is 1. The topological polar surface area (TPSA) is 82.6 Å². The summed E-state index contributed by atoms with van der Waals surface area (Å²) in [7, 11) is 0. The maximum Gasteiger partial charge on any atom is 0.220 e. The van der Waals surface area contributed by atoms with E-state index in [2.05, 4.69) is 23.8 Å². The molecule has 158 valence electrons. The highest BCUT2D eigenvalue weighted by atomic mass is 35.5. The summed E-state index contributed by atoms with van der Waals surface area (Å²) in [5.41, 5.74) is 7.10. The van der Waals surface area contributed by atoms with Gasteiger partial charge < -0.3 is 15.2 Å². The van der Waals surface area contributed by atoms with Gasteiger partial charge >= 0.3 is 0 Å². The average molecular weight is 421 g/mol. The molecule has 1 amide bonds. The summed E-state index contributed by atoms with van der Waals surface area (Å²) in [4.78, 5) is 14.0. The number of carbonyl (C=O) groups is 1. The molecule has 1 fully saturated rings. The second-order valence-electron chi connectivity index (χ2n) is 7.61. The Labute approximate surface area is 176 Å². The second kappa shape index (κ2) is 9.61. The minimum atomic E-state index is -0.792. The van der Waals surface area contributed by atoms with Crippen LogP contribution in [0.5, 0.6) is 5.75 Å². The minimum Gasteiger partial charge on any atom is -0.490 e. The maximum atomic E-state index is 11.8. The van der Waals surface area contributed by atoms with Gasteiger partial charge in [-0.2, -0.15) is 5.10 Å². The Kier molecular flexibility index (Phi) is 7.16. The van der Waals surface area contributed by atoms with E-state index < -0.39 is 11.5 Å². The van der Waals surface area contributed by atoms with E-state index in [-0.39, 0.29) is 13.0 Å².